The first kappa shape index (κ1) is 13.1. The highest BCUT2D eigenvalue weighted by Crippen LogP contribution is 2.37. The molecule has 1 aromatic heterocycles. The Labute approximate surface area is 108 Å². The van der Waals surface area contributed by atoms with E-state index < -0.39 is 5.97 Å². The van der Waals surface area contributed by atoms with Crippen molar-refractivity contribution < 1.29 is 9.90 Å². The highest BCUT2D eigenvalue weighted by molar-refractivity contribution is 5.77. The van der Waals surface area contributed by atoms with E-state index in [9.17, 15) is 9.90 Å². The summed E-state index contributed by atoms with van der Waals surface area (Å²) >= 11 is 0. The lowest BCUT2D eigenvalue weighted by Crippen LogP contribution is -2.24. The number of carbonyl (C=O) groups is 1. The molecule has 3 heteroatoms. The number of hydrogen-bond acceptors (Lipinski definition) is 2. The van der Waals surface area contributed by atoms with Crippen LogP contribution in [0.5, 0.6) is 0 Å². The van der Waals surface area contributed by atoms with E-state index in [0.717, 1.165) is 42.5 Å². The predicted octanol–water partition coefficient (Wildman–Crippen LogP) is 3.45. The topological polar surface area (TPSA) is 50.2 Å². The van der Waals surface area contributed by atoms with Gasteiger partial charge in [0.25, 0.3) is 0 Å². The van der Waals surface area contributed by atoms with Gasteiger partial charge >= 0.3 is 5.97 Å². The van der Waals surface area contributed by atoms with E-state index in [0.29, 0.717) is 0 Å². The zero-order valence-corrected chi connectivity index (χ0v) is 11.1. The molecule has 0 aromatic carbocycles. The van der Waals surface area contributed by atoms with Crippen LogP contribution in [0.25, 0.3) is 0 Å². The number of nitrogens with zero attached hydrogens (tertiary/aromatic N) is 1. The molecule has 0 saturated heterocycles. The van der Waals surface area contributed by atoms with E-state index in [-0.39, 0.29) is 11.8 Å². The van der Waals surface area contributed by atoms with Crippen molar-refractivity contribution in [3.05, 3.63) is 29.1 Å². The van der Waals surface area contributed by atoms with Gasteiger partial charge in [0.1, 0.15) is 0 Å². The number of carboxylic acid groups (broad SMARTS) is 1. The summed E-state index contributed by atoms with van der Waals surface area (Å²) in [4.78, 5) is 15.9. The van der Waals surface area contributed by atoms with Crippen LogP contribution in [-0.4, -0.2) is 16.1 Å². The number of aryl methyl sites for hydroxylation is 1. The third-order valence-corrected chi connectivity index (χ3v) is 4.22. The predicted molar refractivity (Wildman–Crippen MR) is 70.7 cm³/mol. The molecular weight excluding hydrogens is 226 g/mol. The molecule has 1 unspecified atom stereocenters. The highest BCUT2D eigenvalue weighted by atomic mass is 16.4. The van der Waals surface area contributed by atoms with Crippen molar-refractivity contribution in [1.82, 2.24) is 4.98 Å². The molecule has 2 rings (SSSR count). The van der Waals surface area contributed by atoms with Crippen LogP contribution in [0.15, 0.2) is 12.3 Å². The molecule has 1 fully saturated rings. The Bertz CT molecular complexity index is 436. The fourth-order valence-corrected chi connectivity index (χ4v) is 3.05. The quantitative estimate of drug-likeness (QED) is 0.890. The van der Waals surface area contributed by atoms with Crippen molar-refractivity contribution in [2.24, 2.45) is 5.92 Å². The second kappa shape index (κ2) is 5.51. The first-order chi connectivity index (χ1) is 8.61. The largest absolute Gasteiger partial charge is 0.481 e. The molecular formula is C15H21NO2. The van der Waals surface area contributed by atoms with Gasteiger partial charge in [-0.2, -0.15) is 0 Å². The van der Waals surface area contributed by atoms with Gasteiger partial charge in [-0.25, -0.2) is 0 Å². The Morgan fingerprint density at radius 2 is 2.00 bits per heavy atom. The Morgan fingerprint density at radius 3 is 2.61 bits per heavy atom. The number of pyridine rings is 1. The maximum atomic E-state index is 11.6. The first-order valence-corrected chi connectivity index (χ1v) is 6.76. The average Bonchev–Trinajstić information content (AvgIpc) is 2.36. The molecule has 1 atom stereocenters. The van der Waals surface area contributed by atoms with Crippen LogP contribution >= 0.6 is 0 Å². The molecule has 0 spiro atoms. The summed E-state index contributed by atoms with van der Waals surface area (Å²) in [6.07, 6.45) is 7.39. The summed E-state index contributed by atoms with van der Waals surface area (Å²) in [5.74, 6) is -0.751. The van der Waals surface area contributed by atoms with Crippen LogP contribution in [0.2, 0.25) is 0 Å². The van der Waals surface area contributed by atoms with Crippen LogP contribution < -0.4 is 0 Å². The Kier molecular flexibility index (Phi) is 4.00. The van der Waals surface area contributed by atoms with E-state index in [1.807, 2.05) is 19.9 Å². The Balaban J connectivity index is 2.34. The zero-order chi connectivity index (χ0) is 13.1. The maximum Gasteiger partial charge on any atom is 0.311 e. The lowest BCUT2D eigenvalue weighted by atomic mass is 9.76. The van der Waals surface area contributed by atoms with Crippen molar-refractivity contribution in [1.29, 1.82) is 0 Å². The second-order valence-corrected chi connectivity index (χ2v) is 5.32. The normalized spacial score (nSPS) is 18.6. The van der Waals surface area contributed by atoms with Gasteiger partial charge < -0.3 is 5.11 Å². The van der Waals surface area contributed by atoms with Crippen molar-refractivity contribution in [2.45, 2.75) is 51.9 Å². The first-order valence-electron chi connectivity index (χ1n) is 6.76. The Morgan fingerprint density at radius 1 is 1.33 bits per heavy atom. The van der Waals surface area contributed by atoms with Crippen LogP contribution in [0.3, 0.4) is 0 Å². The van der Waals surface area contributed by atoms with Crippen LogP contribution in [0.1, 0.15) is 54.8 Å². The van der Waals surface area contributed by atoms with Gasteiger partial charge in [-0.15, -0.1) is 0 Å². The summed E-state index contributed by atoms with van der Waals surface area (Å²) in [7, 11) is 0. The van der Waals surface area contributed by atoms with E-state index in [1.165, 1.54) is 6.42 Å². The van der Waals surface area contributed by atoms with Crippen LogP contribution in [-0.2, 0) is 4.79 Å². The van der Waals surface area contributed by atoms with E-state index in [1.54, 1.807) is 6.20 Å². The maximum absolute atomic E-state index is 11.6. The van der Waals surface area contributed by atoms with Crippen molar-refractivity contribution in [2.75, 3.05) is 0 Å². The summed E-state index contributed by atoms with van der Waals surface area (Å²) in [6, 6.07) is 1.88. The number of rotatable bonds is 3. The molecule has 1 heterocycles. The monoisotopic (exact) mass is 247 g/mol. The molecule has 98 valence electrons. The number of hydrogen-bond donors (Lipinski definition) is 1. The molecule has 1 aliphatic carbocycles. The van der Waals surface area contributed by atoms with Gasteiger partial charge in [-0.3, -0.25) is 9.78 Å². The van der Waals surface area contributed by atoms with Crippen molar-refractivity contribution in [3.63, 3.8) is 0 Å². The highest BCUT2D eigenvalue weighted by Gasteiger charge is 2.32. The molecule has 18 heavy (non-hydrogen) atoms. The third-order valence-electron chi connectivity index (χ3n) is 4.22. The standard InChI is InChI=1S/C15H21NO2/c1-10-11(2)16-9-8-13(10)14(15(17)18)12-6-4-3-5-7-12/h8-9,12,14H,3-7H2,1-2H3,(H,17,18). The lowest BCUT2D eigenvalue weighted by Gasteiger charge is -2.28. The van der Waals surface area contributed by atoms with Crippen LogP contribution in [0.4, 0.5) is 0 Å². The summed E-state index contributed by atoms with van der Waals surface area (Å²) in [6.45, 7) is 3.93. The third kappa shape index (κ3) is 2.55. The minimum Gasteiger partial charge on any atom is -0.481 e. The number of aliphatic carboxylic acids is 1. The molecule has 1 aromatic rings. The molecule has 1 saturated carbocycles. The molecule has 0 radical (unpaired) electrons. The van der Waals surface area contributed by atoms with Gasteiger partial charge in [0.2, 0.25) is 0 Å². The smallest absolute Gasteiger partial charge is 0.311 e. The van der Waals surface area contributed by atoms with Gasteiger partial charge in [-0.05, 0) is 49.8 Å². The van der Waals surface area contributed by atoms with Gasteiger partial charge in [0, 0.05) is 11.9 Å². The summed E-state index contributed by atoms with van der Waals surface area (Å²) in [5.41, 5.74) is 2.94. The minimum atomic E-state index is -0.685. The zero-order valence-electron chi connectivity index (χ0n) is 11.1. The molecule has 0 amide bonds. The van der Waals surface area contributed by atoms with E-state index >= 15 is 0 Å². The summed E-state index contributed by atoms with van der Waals surface area (Å²) < 4.78 is 0. The molecule has 3 nitrogen and oxygen atoms in total. The molecule has 1 aliphatic rings. The Hall–Kier alpha value is -1.38. The molecule has 0 bridgehead atoms. The van der Waals surface area contributed by atoms with Gasteiger partial charge in [0.05, 0.1) is 5.92 Å². The average molecular weight is 247 g/mol. The van der Waals surface area contributed by atoms with Crippen molar-refractivity contribution >= 4 is 5.97 Å². The van der Waals surface area contributed by atoms with Crippen LogP contribution in [0, 0.1) is 19.8 Å². The van der Waals surface area contributed by atoms with Gasteiger partial charge in [0.15, 0.2) is 0 Å². The van der Waals surface area contributed by atoms with Gasteiger partial charge in [-0.1, -0.05) is 19.3 Å². The molecule has 0 aliphatic heterocycles. The lowest BCUT2D eigenvalue weighted by molar-refractivity contribution is -0.140. The second-order valence-electron chi connectivity index (χ2n) is 5.32. The SMILES string of the molecule is Cc1nccc(C(C(=O)O)C2CCCCC2)c1C. The summed E-state index contributed by atoms with van der Waals surface area (Å²) in [5, 5.41) is 9.57. The van der Waals surface area contributed by atoms with E-state index in [4.69, 9.17) is 0 Å². The minimum absolute atomic E-state index is 0.289. The fraction of sp³-hybridized carbons (Fsp3) is 0.600. The van der Waals surface area contributed by atoms with E-state index in [2.05, 4.69) is 4.98 Å². The molecule has 1 N–H and O–H groups in total. The number of aromatic nitrogens is 1. The van der Waals surface area contributed by atoms with Crippen molar-refractivity contribution in [3.8, 4) is 0 Å². The number of carboxylic acids is 1. The fourth-order valence-electron chi connectivity index (χ4n) is 3.05.